The molecule has 1 aromatic rings. The van der Waals surface area contributed by atoms with Crippen molar-refractivity contribution in [1.29, 1.82) is 0 Å². The summed E-state index contributed by atoms with van der Waals surface area (Å²) in [4.78, 5) is 25.7. The monoisotopic (exact) mass is 365 g/mol. The van der Waals surface area contributed by atoms with Gasteiger partial charge in [-0.15, -0.1) is 0 Å². The number of urea groups is 1. The Morgan fingerprint density at radius 3 is 2.72 bits per heavy atom. The number of carbonyl (C=O) groups excluding carboxylic acids is 2. The highest BCUT2D eigenvalue weighted by Gasteiger charge is 2.41. The molecule has 7 heteroatoms. The highest BCUT2D eigenvalue weighted by atomic mass is 35.5. The van der Waals surface area contributed by atoms with Gasteiger partial charge in [0.25, 0.3) is 0 Å². The van der Waals surface area contributed by atoms with Crippen molar-refractivity contribution in [2.45, 2.75) is 25.4 Å². The van der Waals surface area contributed by atoms with Crippen molar-refractivity contribution in [1.82, 2.24) is 15.5 Å². The van der Waals surface area contributed by atoms with Gasteiger partial charge in [0.1, 0.15) is 6.10 Å². The number of amides is 3. The summed E-state index contributed by atoms with van der Waals surface area (Å²) in [5.41, 5.74) is 0.903. The van der Waals surface area contributed by atoms with Crippen LogP contribution in [0.15, 0.2) is 24.3 Å². The molecule has 1 atom stereocenters. The van der Waals surface area contributed by atoms with E-state index >= 15 is 0 Å². The molecule has 1 spiro atoms. The molecule has 2 saturated heterocycles. The Bertz CT molecular complexity index is 644. The van der Waals surface area contributed by atoms with Crippen LogP contribution in [0.2, 0.25) is 5.02 Å². The third-order valence-corrected chi connectivity index (χ3v) is 5.63. The number of benzene rings is 1. The molecule has 2 aliphatic rings. The average Bonchev–Trinajstić information content (AvgIpc) is 2.97. The van der Waals surface area contributed by atoms with Gasteiger partial charge in [-0.2, -0.15) is 0 Å². The number of likely N-dealkylation sites (tertiary alicyclic amines) is 1. The molecule has 0 saturated carbocycles. The molecular formula is C18H24ClN3O3. The van der Waals surface area contributed by atoms with Crippen LogP contribution in [0.3, 0.4) is 0 Å². The number of halogens is 1. The predicted octanol–water partition coefficient (Wildman–Crippen LogP) is 2.34. The van der Waals surface area contributed by atoms with Crippen LogP contribution >= 0.6 is 11.6 Å². The van der Waals surface area contributed by atoms with Crippen LogP contribution < -0.4 is 10.6 Å². The van der Waals surface area contributed by atoms with E-state index in [4.69, 9.17) is 16.3 Å². The van der Waals surface area contributed by atoms with Gasteiger partial charge in [-0.05, 0) is 24.3 Å². The normalized spacial score (nSPS) is 20.4. The molecule has 1 aromatic carbocycles. The van der Waals surface area contributed by atoms with Gasteiger partial charge in [-0.1, -0.05) is 29.8 Å². The molecule has 3 rings (SSSR count). The van der Waals surface area contributed by atoms with Crippen LogP contribution in [0, 0.1) is 5.41 Å². The van der Waals surface area contributed by atoms with E-state index in [1.54, 1.807) is 7.11 Å². The van der Waals surface area contributed by atoms with Crippen LogP contribution in [0.25, 0.3) is 0 Å². The summed E-state index contributed by atoms with van der Waals surface area (Å²) in [6.07, 6.45) is 2.01. The fraction of sp³-hybridized carbons (Fsp3) is 0.556. The fourth-order valence-electron chi connectivity index (χ4n) is 3.64. The summed E-state index contributed by atoms with van der Waals surface area (Å²) in [6, 6.07) is 7.38. The summed E-state index contributed by atoms with van der Waals surface area (Å²) in [7, 11) is 1.61. The van der Waals surface area contributed by atoms with Crippen molar-refractivity contribution in [2.24, 2.45) is 5.41 Å². The molecule has 2 heterocycles. The first-order chi connectivity index (χ1) is 12.0. The Morgan fingerprint density at radius 1 is 1.40 bits per heavy atom. The van der Waals surface area contributed by atoms with E-state index < -0.39 is 0 Å². The van der Waals surface area contributed by atoms with E-state index in [0.717, 1.165) is 24.9 Å². The van der Waals surface area contributed by atoms with Crippen molar-refractivity contribution >= 4 is 23.5 Å². The first-order valence-corrected chi connectivity index (χ1v) is 8.97. The molecule has 0 aromatic heterocycles. The number of nitrogens with zero attached hydrogens (tertiary/aromatic N) is 1. The van der Waals surface area contributed by atoms with E-state index in [0.29, 0.717) is 31.1 Å². The summed E-state index contributed by atoms with van der Waals surface area (Å²) in [6.45, 7) is 2.44. The number of hydrogen-bond acceptors (Lipinski definition) is 3. The first kappa shape index (κ1) is 18.0. The smallest absolute Gasteiger partial charge is 0.317 e. The Balaban J connectivity index is 1.51. The third kappa shape index (κ3) is 4.07. The Labute approximate surface area is 152 Å². The lowest BCUT2D eigenvalue weighted by Gasteiger charge is -2.38. The molecule has 0 radical (unpaired) electrons. The minimum Gasteiger partial charge on any atom is -0.375 e. The molecule has 25 heavy (non-hydrogen) atoms. The number of carbonyl (C=O) groups is 2. The van der Waals surface area contributed by atoms with Gasteiger partial charge in [0, 0.05) is 50.3 Å². The van der Waals surface area contributed by atoms with Crippen molar-refractivity contribution in [3.8, 4) is 0 Å². The number of methoxy groups -OCH3 is 1. The molecule has 1 unspecified atom stereocenters. The maximum atomic E-state index is 12.4. The van der Waals surface area contributed by atoms with Crippen LogP contribution in [0.1, 0.15) is 30.9 Å². The summed E-state index contributed by atoms with van der Waals surface area (Å²) >= 11 is 6.21. The lowest BCUT2D eigenvalue weighted by molar-refractivity contribution is -0.119. The second-order valence-corrected chi connectivity index (χ2v) is 7.28. The van der Waals surface area contributed by atoms with Gasteiger partial charge in [-0.3, -0.25) is 4.79 Å². The SMILES string of the molecule is COC(CNC(=O)N1CCC2(CC1)CNC(=O)C2)c1ccccc1Cl. The first-order valence-electron chi connectivity index (χ1n) is 8.60. The van der Waals surface area contributed by atoms with Crippen molar-refractivity contribution in [3.05, 3.63) is 34.9 Å². The second-order valence-electron chi connectivity index (χ2n) is 6.87. The maximum absolute atomic E-state index is 12.4. The Morgan fingerprint density at radius 2 is 2.12 bits per heavy atom. The maximum Gasteiger partial charge on any atom is 0.317 e. The van der Waals surface area contributed by atoms with Gasteiger partial charge in [0.05, 0.1) is 0 Å². The van der Waals surface area contributed by atoms with Crippen LogP contribution in [0.5, 0.6) is 0 Å². The molecule has 136 valence electrons. The van der Waals surface area contributed by atoms with E-state index in [1.165, 1.54) is 0 Å². The zero-order valence-electron chi connectivity index (χ0n) is 14.4. The summed E-state index contributed by atoms with van der Waals surface area (Å²) < 4.78 is 5.48. The minimum absolute atomic E-state index is 0.0422. The molecule has 3 amide bonds. The molecule has 0 bridgehead atoms. The van der Waals surface area contributed by atoms with Crippen molar-refractivity contribution in [3.63, 3.8) is 0 Å². The third-order valence-electron chi connectivity index (χ3n) is 5.28. The van der Waals surface area contributed by atoms with Crippen molar-refractivity contribution < 1.29 is 14.3 Å². The van der Waals surface area contributed by atoms with Crippen LogP contribution in [0.4, 0.5) is 4.79 Å². The minimum atomic E-state index is -0.287. The highest BCUT2D eigenvalue weighted by molar-refractivity contribution is 6.31. The highest BCUT2D eigenvalue weighted by Crippen LogP contribution is 2.37. The fourth-order valence-corrected chi connectivity index (χ4v) is 3.90. The van der Waals surface area contributed by atoms with E-state index in [9.17, 15) is 9.59 Å². The molecular weight excluding hydrogens is 342 g/mol. The molecule has 6 nitrogen and oxygen atoms in total. The zero-order valence-corrected chi connectivity index (χ0v) is 15.1. The largest absolute Gasteiger partial charge is 0.375 e. The quantitative estimate of drug-likeness (QED) is 0.860. The molecule has 2 fully saturated rings. The number of piperidine rings is 1. The standard InChI is InChI=1S/C18H24ClN3O3/c1-25-15(13-4-2-3-5-14(13)19)11-20-17(24)22-8-6-18(7-9-22)10-16(23)21-12-18/h2-5,15H,6-12H2,1H3,(H,20,24)(H,21,23). The average molecular weight is 366 g/mol. The number of nitrogens with one attached hydrogen (secondary N) is 2. The van der Waals surface area contributed by atoms with Crippen molar-refractivity contribution in [2.75, 3.05) is 33.3 Å². The van der Waals surface area contributed by atoms with E-state index in [2.05, 4.69) is 10.6 Å². The predicted molar refractivity (Wildman–Crippen MR) is 95.5 cm³/mol. The topological polar surface area (TPSA) is 70.7 Å². The number of rotatable bonds is 4. The number of ether oxygens (including phenoxy) is 1. The Kier molecular flexibility index (Phi) is 5.49. The van der Waals surface area contributed by atoms with Gasteiger partial charge in [-0.25, -0.2) is 4.79 Å². The lowest BCUT2D eigenvalue weighted by Crippen LogP contribution is -2.48. The van der Waals surface area contributed by atoms with E-state index in [-0.39, 0.29) is 23.5 Å². The zero-order chi connectivity index (χ0) is 17.9. The lowest BCUT2D eigenvalue weighted by atomic mass is 9.78. The van der Waals surface area contributed by atoms with Gasteiger partial charge >= 0.3 is 6.03 Å². The van der Waals surface area contributed by atoms with Gasteiger partial charge in [0.2, 0.25) is 5.91 Å². The molecule has 2 N–H and O–H groups in total. The molecule has 0 aliphatic carbocycles. The van der Waals surface area contributed by atoms with Gasteiger partial charge in [0.15, 0.2) is 0 Å². The van der Waals surface area contributed by atoms with Crippen LogP contribution in [-0.2, 0) is 9.53 Å². The van der Waals surface area contributed by atoms with E-state index in [1.807, 2.05) is 29.2 Å². The van der Waals surface area contributed by atoms with Gasteiger partial charge < -0.3 is 20.3 Å². The summed E-state index contributed by atoms with van der Waals surface area (Å²) in [5, 5.41) is 6.47. The molecule has 2 aliphatic heterocycles. The summed E-state index contributed by atoms with van der Waals surface area (Å²) in [5.74, 6) is 0.126. The number of hydrogen-bond donors (Lipinski definition) is 2. The second kappa shape index (κ2) is 7.62. The van der Waals surface area contributed by atoms with Crippen LogP contribution in [-0.4, -0.2) is 50.1 Å². The Hall–Kier alpha value is -1.79.